The number of amides is 1. The zero-order valence-corrected chi connectivity index (χ0v) is 11.8. The molecule has 2 heterocycles. The molecule has 1 N–H and O–H groups in total. The van der Waals surface area contributed by atoms with Gasteiger partial charge < -0.3 is 14.6 Å². The van der Waals surface area contributed by atoms with Gasteiger partial charge >= 0.3 is 0 Å². The van der Waals surface area contributed by atoms with Gasteiger partial charge in [-0.2, -0.15) is 0 Å². The minimum atomic E-state index is -0.133. The number of nitrogens with zero attached hydrogens (tertiary/aromatic N) is 2. The van der Waals surface area contributed by atoms with Crippen molar-refractivity contribution in [1.29, 1.82) is 0 Å². The number of rotatable bonds is 5. The van der Waals surface area contributed by atoms with E-state index in [0.717, 1.165) is 32.8 Å². The molecule has 2 rings (SSSR count). The Kier molecular flexibility index (Phi) is 5.31. The molecule has 6 heteroatoms. The van der Waals surface area contributed by atoms with Crippen LogP contribution < -0.4 is 10.9 Å². The van der Waals surface area contributed by atoms with Gasteiger partial charge in [0.2, 0.25) is 5.91 Å². The highest BCUT2D eigenvalue weighted by Gasteiger charge is 2.10. The van der Waals surface area contributed by atoms with E-state index in [9.17, 15) is 9.59 Å². The summed E-state index contributed by atoms with van der Waals surface area (Å²) in [5.41, 5.74) is 0.532. The molecular weight excluding hydrogens is 258 g/mol. The van der Waals surface area contributed by atoms with Gasteiger partial charge in [-0.3, -0.25) is 14.5 Å². The molecule has 0 unspecified atom stereocenters. The Labute approximate surface area is 118 Å². The third-order valence-electron chi connectivity index (χ3n) is 3.38. The first-order valence-corrected chi connectivity index (χ1v) is 6.89. The minimum Gasteiger partial charge on any atom is -0.379 e. The summed E-state index contributed by atoms with van der Waals surface area (Å²) < 4.78 is 6.69. The molecule has 1 amide bonds. The van der Waals surface area contributed by atoms with Crippen LogP contribution in [0.3, 0.4) is 0 Å². The summed E-state index contributed by atoms with van der Waals surface area (Å²) in [6.45, 7) is 6.57. The van der Waals surface area contributed by atoms with Gasteiger partial charge in [-0.15, -0.1) is 0 Å². The monoisotopic (exact) mass is 279 g/mol. The average molecular weight is 279 g/mol. The van der Waals surface area contributed by atoms with Crippen molar-refractivity contribution in [2.45, 2.75) is 13.5 Å². The standard InChI is InChI=1S/C14H21N3O3/c1-12-3-2-5-17(14(12)19)11-13(18)15-4-6-16-7-9-20-10-8-16/h2-3,5H,4,6-11H2,1H3,(H,15,18). The Morgan fingerprint density at radius 3 is 2.90 bits per heavy atom. The molecule has 1 aliphatic rings. The lowest BCUT2D eigenvalue weighted by molar-refractivity contribution is -0.121. The fraction of sp³-hybridized carbons (Fsp3) is 0.571. The van der Waals surface area contributed by atoms with Gasteiger partial charge in [-0.1, -0.05) is 6.07 Å². The molecular formula is C14H21N3O3. The van der Waals surface area contributed by atoms with E-state index in [1.165, 1.54) is 4.57 Å². The molecule has 20 heavy (non-hydrogen) atoms. The van der Waals surface area contributed by atoms with Gasteiger partial charge in [0, 0.05) is 37.9 Å². The van der Waals surface area contributed by atoms with Gasteiger partial charge in [-0.05, 0) is 13.0 Å². The number of ether oxygens (including phenoxy) is 1. The van der Waals surface area contributed by atoms with Gasteiger partial charge in [0.25, 0.3) is 5.56 Å². The second-order valence-corrected chi connectivity index (χ2v) is 4.93. The summed E-state index contributed by atoms with van der Waals surface area (Å²) in [6.07, 6.45) is 1.64. The van der Waals surface area contributed by atoms with E-state index in [2.05, 4.69) is 10.2 Å². The molecule has 6 nitrogen and oxygen atoms in total. The first kappa shape index (κ1) is 14.7. The van der Waals surface area contributed by atoms with Crippen LogP contribution in [0.25, 0.3) is 0 Å². The number of carbonyl (C=O) groups is 1. The van der Waals surface area contributed by atoms with Crippen molar-refractivity contribution in [2.24, 2.45) is 0 Å². The lowest BCUT2D eigenvalue weighted by Gasteiger charge is -2.26. The van der Waals surface area contributed by atoms with E-state index in [-0.39, 0.29) is 18.0 Å². The van der Waals surface area contributed by atoms with Gasteiger partial charge in [0.15, 0.2) is 0 Å². The molecule has 0 bridgehead atoms. The van der Waals surface area contributed by atoms with Crippen LogP contribution in [0.15, 0.2) is 23.1 Å². The number of aryl methyl sites for hydroxylation is 1. The normalized spacial score (nSPS) is 16.1. The van der Waals surface area contributed by atoms with E-state index >= 15 is 0 Å². The first-order chi connectivity index (χ1) is 9.66. The van der Waals surface area contributed by atoms with Crippen LogP contribution in [0.4, 0.5) is 0 Å². The van der Waals surface area contributed by atoms with Crippen LogP contribution in [-0.2, 0) is 16.1 Å². The summed E-state index contributed by atoms with van der Waals surface area (Å²) in [7, 11) is 0. The Hall–Kier alpha value is -1.66. The van der Waals surface area contributed by atoms with Crippen LogP contribution in [-0.4, -0.2) is 54.8 Å². The molecule has 0 spiro atoms. The third-order valence-corrected chi connectivity index (χ3v) is 3.38. The zero-order valence-electron chi connectivity index (χ0n) is 11.8. The molecule has 110 valence electrons. The fourth-order valence-electron chi connectivity index (χ4n) is 2.17. The van der Waals surface area contributed by atoms with Crippen LogP contribution in [0.1, 0.15) is 5.56 Å². The fourth-order valence-corrected chi connectivity index (χ4v) is 2.17. The SMILES string of the molecule is Cc1cccn(CC(=O)NCCN2CCOCC2)c1=O. The van der Waals surface area contributed by atoms with E-state index < -0.39 is 0 Å². The Morgan fingerprint density at radius 2 is 2.15 bits per heavy atom. The van der Waals surface area contributed by atoms with Gasteiger partial charge in [0.1, 0.15) is 6.54 Å². The Morgan fingerprint density at radius 1 is 1.40 bits per heavy atom. The molecule has 1 aliphatic heterocycles. The van der Waals surface area contributed by atoms with E-state index in [0.29, 0.717) is 12.1 Å². The number of pyridine rings is 1. The Bertz CT molecular complexity index is 507. The predicted molar refractivity (Wildman–Crippen MR) is 75.7 cm³/mol. The number of nitrogens with one attached hydrogen (secondary N) is 1. The minimum absolute atomic E-state index is 0.0730. The summed E-state index contributed by atoms with van der Waals surface area (Å²) >= 11 is 0. The number of morpholine rings is 1. The first-order valence-electron chi connectivity index (χ1n) is 6.89. The highest BCUT2D eigenvalue weighted by atomic mass is 16.5. The largest absolute Gasteiger partial charge is 0.379 e. The molecule has 0 atom stereocenters. The molecule has 0 saturated carbocycles. The van der Waals surface area contributed by atoms with Crippen molar-refractivity contribution < 1.29 is 9.53 Å². The topological polar surface area (TPSA) is 63.6 Å². The van der Waals surface area contributed by atoms with E-state index in [4.69, 9.17) is 4.74 Å². The van der Waals surface area contributed by atoms with Crippen molar-refractivity contribution in [3.63, 3.8) is 0 Å². The van der Waals surface area contributed by atoms with Gasteiger partial charge in [-0.25, -0.2) is 0 Å². The quantitative estimate of drug-likeness (QED) is 0.797. The zero-order chi connectivity index (χ0) is 14.4. The van der Waals surface area contributed by atoms with E-state index in [1.54, 1.807) is 25.3 Å². The number of aromatic nitrogens is 1. The third kappa shape index (κ3) is 4.18. The van der Waals surface area contributed by atoms with Gasteiger partial charge in [0.05, 0.1) is 13.2 Å². The molecule has 1 fully saturated rings. The maximum atomic E-state index is 11.8. The molecule has 0 radical (unpaired) electrons. The summed E-state index contributed by atoms with van der Waals surface area (Å²) in [5, 5.41) is 2.84. The predicted octanol–water partition coefficient (Wildman–Crippen LogP) is -0.395. The highest BCUT2D eigenvalue weighted by molar-refractivity contribution is 5.75. The summed E-state index contributed by atoms with van der Waals surface area (Å²) in [6, 6.07) is 3.52. The lowest BCUT2D eigenvalue weighted by Crippen LogP contribution is -2.42. The molecule has 1 aromatic heterocycles. The van der Waals surface area contributed by atoms with Crippen molar-refractivity contribution in [3.8, 4) is 0 Å². The van der Waals surface area contributed by atoms with E-state index in [1.807, 2.05) is 0 Å². The maximum absolute atomic E-state index is 11.8. The van der Waals surface area contributed by atoms with Crippen molar-refractivity contribution in [3.05, 3.63) is 34.2 Å². The number of hydrogen-bond acceptors (Lipinski definition) is 4. The molecule has 1 saturated heterocycles. The van der Waals surface area contributed by atoms with Crippen LogP contribution in [0.5, 0.6) is 0 Å². The molecule has 1 aromatic rings. The smallest absolute Gasteiger partial charge is 0.253 e. The Balaban J connectivity index is 1.75. The summed E-state index contributed by atoms with van der Waals surface area (Å²) in [4.78, 5) is 25.8. The summed E-state index contributed by atoms with van der Waals surface area (Å²) in [5.74, 6) is -0.133. The van der Waals surface area contributed by atoms with Crippen LogP contribution in [0, 0.1) is 6.92 Å². The van der Waals surface area contributed by atoms with Crippen molar-refractivity contribution in [1.82, 2.24) is 14.8 Å². The second kappa shape index (κ2) is 7.21. The number of carbonyl (C=O) groups excluding carboxylic acids is 1. The average Bonchev–Trinajstić information content (AvgIpc) is 2.45. The highest BCUT2D eigenvalue weighted by Crippen LogP contribution is 1.95. The molecule has 0 aliphatic carbocycles. The van der Waals surface area contributed by atoms with Crippen molar-refractivity contribution >= 4 is 5.91 Å². The van der Waals surface area contributed by atoms with Crippen LogP contribution >= 0.6 is 0 Å². The number of hydrogen-bond donors (Lipinski definition) is 1. The molecule has 0 aromatic carbocycles. The van der Waals surface area contributed by atoms with Crippen LogP contribution in [0.2, 0.25) is 0 Å². The maximum Gasteiger partial charge on any atom is 0.253 e. The second-order valence-electron chi connectivity index (χ2n) is 4.93. The lowest BCUT2D eigenvalue weighted by atomic mass is 10.3. The van der Waals surface area contributed by atoms with Crippen molar-refractivity contribution in [2.75, 3.05) is 39.4 Å².